The molecule has 1 heterocycles. The molecule has 0 saturated carbocycles. The van der Waals surface area contributed by atoms with E-state index in [-0.39, 0.29) is 30.0 Å². The van der Waals surface area contributed by atoms with E-state index in [1.54, 1.807) is 13.8 Å². The maximum Gasteiger partial charge on any atom is 0.347 e. The first kappa shape index (κ1) is 20.0. The van der Waals surface area contributed by atoms with E-state index in [9.17, 15) is 18.4 Å². The normalized spacial score (nSPS) is 10.1. The fraction of sp³-hybridized carbons (Fsp3) is 0.222. The molecule has 142 valence electrons. The maximum absolute atomic E-state index is 14.7. The van der Waals surface area contributed by atoms with Crippen molar-refractivity contribution in [1.82, 2.24) is 9.97 Å². The van der Waals surface area contributed by atoms with Gasteiger partial charge < -0.3 is 14.8 Å². The Bertz CT molecular complexity index is 837. The Morgan fingerprint density at radius 3 is 2.22 bits per heavy atom. The van der Waals surface area contributed by atoms with Crippen molar-refractivity contribution in [2.75, 3.05) is 18.5 Å². The van der Waals surface area contributed by atoms with Gasteiger partial charge in [-0.3, -0.25) is 0 Å². The largest absolute Gasteiger partial charge is 0.462 e. The third kappa shape index (κ3) is 4.84. The van der Waals surface area contributed by atoms with E-state index in [4.69, 9.17) is 9.47 Å². The number of halogens is 2. The number of esters is 2. The van der Waals surface area contributed by atoms with E-state index in [1.807, 2.05) is 0 Å². The van der Waals surface area contributed by atoms with Crippen LogP contribution in [0.5, 0.6) is 0 Å². The van der Waals surface area contributed by atoms with Gasteiger partial charge in [0.15, 0.2) is 11.4 Å². The van der Waals surface area contributed by atoms with Crippen LogP contribution >= 0.6 is 0 Å². The number of aromatic nitrogens is 2. The monoisotopic (exact) mass is 377 g/mol. The molecule has 0 unspecified atom stereocenters. The van der Waals surface area contributed by atoms with Gasteiger partial charge >= 0.3 is 11.9 Å². The number of ether oxygens (including phenoxy) is 2. The summed E-state index contributed by atoms with van der Waals surface area (Å²) in [5.74, 6) is -3.61. The molecule has 0 spiro atoms. The Kier molecular flexibility index (Phi) is 6.93. The zero-order chi connectivity index (χ0) is 19.8. The van der Waals surface area contributed by atoms with Gasteiger partial charge in [-0.15, -0.1) is 0 Å². The molecule has 7 nitrogen and oxygen atoms in total. The predicted molar refractivity (Wildman–Crippen MR) is 92.4 cm³/mol. The molecule has 0 saturated heterocycles. The van der Waals surface area contributed by atoms with Crippen molar-refractivity contribution in [2.45, 2.75) is 13.8 Å². The summed E-state index contributed by atoms with van der Waals surface area (Å²) in [4.78, 5) is 31.3. The highest BCUT2D eigenvalue weighted by Gasteiger charge is 2.22. The SMILES string of the molecule is CCOC(=O)C(=CNc1ccc(F)c(-c2cncnc2)c1F)C(=O)OCC. The van der Waals surface area contributed by atoms with Crippen molar-refractivity contribution >= 4 is 17.6 Å². The van der Waals surface area contributed by atoms with Gasteiger partial charge in [-0.25, -0.2) is 28.3 Å². The van der Waals surface area contributed by atoms with Gasteiger partial charge in [-0.05, 0) is 26.0 Å². The van der Waals surface area contributed by atoms with Gasteiger partial charge in [0.25, 0.3) is 0 Å². The highest BCUT2D eigenvalue weighted by Crippen LogP contribution is 2.29. The molecule has 0 aliphatic rings. The van der Waals surface area contributed by atoms with Crippen LogP contribution in [0.15, 0.2) is 42.6 Å². The van der Waals surface area contributed by atoms with Gasteiger partial charge in [-0.1, -0.05) is 0 Å². The lowest BCUT2D eigenvalue weighted by Gasteiger charge is -2.11. The Labute approximate surface area is 154 Å². The molecule has 1 N–H and O–H groups in total. The third-order valence-corrected chi connectivity index (χ3v) is 3.30. The second-order valence-corrected chi connectivity index (χ2v) is 5.05. The minimum atomic E-state index is -0.937. The molecule has 0 bridgehead atoms. The first-order valence-corrected chi connectivity index (χ1v) is 8.03. The van der Waals surface area contributed by atoms with E-state index < -0.39 is 29.1 Å². The lowest BCUT2D eigenvalue weighted by Crippen LogP contribution is -2.19. The molecular weight excluding hydrogens is 360 g/mol. The second kappa shape index (κ2) is 9.37. The summed E-state index contributed by atoms with van der Waals surface area (Å²) in [5.41, 5.74) is -0.827. The van der Waals surface area contributed by atoms with E-state index in [2.05, 4.69) is 15.3 Å². The first-order chi connectivity index (χ1) is 13.0. The number of hydrogen-bond acceptors (Lipinski definition) is 7. The van der Waals surface area contributed by atoms with Crippen LogP contribution in [0.3, 0.4) is 0 Å². The lowest BCUT2D eigenvalue weighted by atomic mass is 10.1. The van der Waals surface area contributed by atoms with Crippen LogP contribution in [-0.2, 0) is 19.1 Å². The standard InChI is InChI=1S/C18H17F2N3O4/c1-3-26-17(24)12(18(25)27-4-2)9-23-14-6-5-13(19)15(16(14)20)11-7-21-10-22-8-11/h5-10,23H,3-4H2,1-2H3. The number of benzene rings is 1. The summed E-state index contributed by atoms with van der Waals surface area (Å²) >= 11 is 0. The summed E-state index contributed by atoms with van der Waals surface area (Å²) in [6, 6.07) is 2.17. The minimum absolute atomic E-state index is 0.0403. The average molecular weight is 377 g/mol. The van der Waals surface area contributed by atoms with Crippen molar-refractivity contribution in [1.29, 1.82) is 0 Å². The Morgan fingerprint density at radius 1 is 1.07 bits per heavy atom. The summed E-state index contributed by atoms with van der Waals surface area (Å²) in [7, 11) is 0. The van der Waals surface area contributed by atoms with Crippen molar-refractivity contribution in [3.63, 3.8) is 0 Å². The summed E-state index contributed by atoms with van der Waals surface area (Å²) < 4.78 is 38.4. The molecule has 0 radical (unpaired) electrons. The Balaban J connectivity index is 2.39. The van der Waals surface area contributed by atoms with Crippen molar-refractivity contribution in [3.05, 3.63) is 54.3 Å². The number of carbonyl (C=O) groups excluding carboxylic acids is 2. The summed E-state index contributed by atoms with van der Waals surface area (Å²) in [6.07, 6.45) is 4.71. The van der Waals surface area contributed by atoms with Gasteiger partial charge in [0, 0.05) is 24.2 Å². The molecule has 0 amide bonds. The van der Waals surface area contributed by atoms with Gasteiger partial charge in [0.05, 0.1) is 24.5 Å². The molecule has 9 heteroatoms. The zero-order valence-corrected chi connectivity index (χ0v) is 14.7. The first-order valence-electron chi connectivity index (χ1n) is 8.03. The highest BCUT2D eigenvalue weighted by atomic mass is 19.1. The lowest BCUT2D eigenvalue weighted by molar-refractivity contribution is -0.146. The zero-order valence-electron chi connectivity index (χ0n) is 14.7. The number of carbonyl (C=O) groups is 2. The van der Waals surface area contributed by atoms with Gasteiger partial charge in [0.2, 0.25) is 0 Å². The fourth-order valence-electron chi connectivity index (χ4n) is 2.13. The molecule has 1 aromatic heterocycles. The van der Waals surface area contributed by atoms with E-state index in [1.165, 1.54) is 18.7 Å². The molecule has 0 atom stereocenters. The van der Waals surface area contributed by atoms with Crippen molar-refractivity contribution < 1.29 is 27.8 Å². The number of rotatable bonds is 7. The fourth-order valence-corrected chi connectivity index (χ4v) is 2.13. The topological polar surface area (TPSA) is 90.4 Å². The van der Waals surface area contributed by atoms with E-state index in [0.29, 0.717) is 0 Å². The molecule has 2 aromatic rings. The number of nitrogens with one attached hydrogen (secondary N) is 1. The van der Waals surface area contributed by atoms with Gasteiger partial charge in [0.1, 0.15) is 12.1 Å². The molecule has 0 aliphatic heterocycles. The van der Waals surface area contributed by atoms with Crippen molar-refractivity contribution in [3.8, 4) is 11.1 Å². The minimum Gasteiger partial charge on any atom is -0.462 e. The molecule has 27 heavy (non-hydrogen) atoms. The summed E-state index contributed by atoms with van der Waals surface area (Å²) in [6.45, 7) is 3.22. The maximum atomic E-state index is 14.7. The highest BCUT2D eigenvalue weighted by molar-refractivity contribution is 6.14. The quantitative estimate of drug-likeness (QED) is 0.343. The average Bonchev–Trinajstić information content (AvgIpc) is 2.65. The van der Waals surface area contributed by atoms with E-state index >= 15 is 0 Å². The van der Waals surface area contributed by atoms with Crippen LogP contribution in [0.2, 0.25) is 0 Å². The van der Waals surface area contributed by atoms with Crippen LogP contribution in [-0.4, -0.2) is 35.1 Å². The molecule has 0 aliphatic carbocycles. The number of hydrogen-bond donors (Lipinski definition) is 1. The molecule has 0 fully saturated rings. The Morgan fingerprint density at radius 2 is 1.67 bits per heavy atom. The molecule has 1 aromatic carbocycles. The van der Waals surface area contributed by atoms with E-state index in [0.717, 1.165) is 18.3 Å². The number of anilines is 1. The predicted octanol–water partition coefficient (Wildman–Crippen LogP) is 2.84. The third-order valence-electron chi connectivity index (χ3n) is 3.30. The van der Waals surface area contributed by atoms with Crippen LogP contribution in [0.1, 0.15) is 13.8 Å². The smallest absolute Gasteiger partial charge is 0.347 e. The molecule has 2 rings (SSSR count). The Hall–Kier alpha value is -3.36. The van der Waals surface area contributed by atoms with Crippen LogP contribution in [0.4, 0.5) is 14.5 Å². The number of nitrogens with zero attached hydrogens (tertiary/aromatic N) is 2. The van der Waals surface area contributed by atoms with Crippen LogP contribution in [0, 0.1) is 11.6 Å². The van der Waals surface area contributed by atoms with Gasteiger partial charge in [-0.2, -0.15) is 0 Å². The second-order valence-electron chi connectivity index (χ2n) is 5.05. The van der Waals surface area contributed by atoms with Crippen LogP contribution < -0.4 is 5.32 Å². The molecular formula is C18H17F2N3O4. The summed E-state index contributed by atoms with van der Waals surface area (Å²) in [5, 5.41) is 2.48. The van der Waals surface area contributed by atoms with Crippen LogP contribution in [0.25, 0.3) is 11.1 Å². The van der Waals surface area contributed by atoms with Crippen molar-refractivity contribution in [2.24, 2.45) is 0 Å².